The summed E-state index contributed by atoms with van der Waals surface area (Å²) in [5, 5.41) is 29.4. The predicted octanol–water partition coefficient (Wildman–Crippen LogP) is 9.03. The lowest BCUT2D eigenvalue weighted by Gasteiger charge is -2.14. The van der Waals surface area contributed by atoms with Crippen molar-refractivity contribution in [3.05, 3.63) is 89.6 Å². The van der Waals surface area contributed by atoms with E-state index >= 15 is 0 Å². The quantitative estimate of drug-likeness (QED) is 0.169. The Morgan fingerprint density at radius 2 is 1.88 bits per heavy atom. The molecule has 0 amide bonds. The van der Waals surface area contributed by atoms with Crippen molar-refractivity contribution < 1.29 is 19.5 Å². The molecule has 0 bridgehead atoms. The lowest BCUT2D eigenvalue weighted by molar-refractivity contribution is -0.385. The molecule has 214 valence electrons. The van der Waals surface area contributed by atoms with E-state index in [1.807, 2.05) is 52.0 Å². The molecule has 3 aromatic rings. The first kappa shape index (κ1) is 33.0. The molecule has 1 unspecified atom stereocenters. The van der Waals surface area contributed by atoms with Crippen molar-refractivity contribution >= 4 is 40.3 Å². The number of hydrogen-bond donors (Lipinski definition) is 1. The van der Waals surface area contributed by atoms with Gasteiger partial charge in [0.15, 0.2) is 6.29 Å². The van der Waals surface area contributed by atoms with Crippen LogP contribution in [0.3, 0.4) is 0 Å². The van der Waals surface area contributed by atoms with E-state index in [9.17, 15) is 15.2 Å². The Hall–Kier alpha value is -3.22. The monoisotopic (exact) mass is 584 g/mol. The van der Waals surface area contributed by atoms with Gasteiger partial charge in [-0.3, -0.25) is 10.1 Å². The van der Waals surface area contributed by atoms with Crippen molar-refractivity contribution in [3.63, 3.8) is 0 Å². The smallest absolute Gasteiger partial charge is 0.287 e. The van der Waals surface area contributed by atoms with Crippen LogP contribution in [-0.4, -0.2) is 23.2 Å². The van der Waals surface area contributed by atoms with Gasteiger partial charge in [0.1, 0.15) is 17.4 Å². The summed E-state index contributed by atoms with van der Waals surface area (Å²) in [6.07, 6.45) is 6.31. The van der Waals surface area contributed by atoms with E-state index in [1.54, 1.807) is 19.1 Å². The van der Waals surface area contributed by atoms with Crippen LogP contribution in [0.25, 0.3) is 11.6 Å². The highest BCUT2D eigenvalue weighted by molar-refractivity contribution is 7.13. The average molecular weight is 585 g/mol. The van der Waals surface area contributed by atoms with Crippen LogP contribution < -0.4 is 4.74 Å². The molecule has 0 saturated heterocycles. The Bertz CT molecular complexity index is 1360. The number of allylic oxidation sites excluding steroid dienone is 1. The van der Waals surface area contributed by atoms with Gasteiger partial charge in [0.05, 0.1) is 20.9 Å². The number of aliphatic hydroxyl groups excluding tert-OH is 1. The van der Waals surface area contributed by atoms with Gasteiger partial charge in [-0.05, 0) is 105 Å². The van der Waals surface area contributed by atoms with E-state index in [0.29, 0.717) is 11.1 Å². The van der Waals surface area contributed by atoms with Crippen molar-refractivity contribution in [1.29, 1.82) is 5.26 Å². The molecule has 4 rings (SSSR count). The van der Waals surface area contributed by atoms with Crippen molar-refractivity contribution in [2.75, 3.05) is 7.11 Å². The molecule has 2 aromatic carbocycles. The summed E-state index contributed by atoms with van der Waals surface area (Å²) >= 11 is 8.04. The van der Waals surface area contributed by atoms with Crippen molar-refractivity contribution in [2.45, 2.75) is 72.7 Å². The number of hydrogen-bond acceptors (Lipinski definition) is 7. The SMILES string of the molecule is CC.COC(O)c1cc(C)c(/C=C(\C)c2ccc(OC3CCCC3)cc2Cl)s1.Cc1ccc(C#N)c([N+](=O)[O-])c1. The Morgan fingerprint density at radius 3 is 2.45 bits per heavy atom. The largest absolute Gasteiger partial charge is 0.490 e. The minimum absolute atomic E-state index is 0.102. The van der Waals surface area contributed by atoms with E-state index in [2.05, 4.69) is 6.08 Å². The normalized spacial score (nSPS) is 13.8. The second-order valence-electron chi connectivity index (χ2n) is 9.17. The summed E-state index contributed by atoms with van der Waals surface area (Å²) in [6.45, 7) is 9.82. The molecule has 0 aliphatic heterocycles. The number of nitrogens with zero attached hydrogens (tertiary/aromatic N) is 2. The molecule has 1 fully saturated rings. The predicted molar refractivity (Wildman–Crippen MR) is 163 cm³/mol. The van der Waals surface area contributed by atoms with Gasteiger partial charge in [-0.15, -0.1) is 11.3 Å². The number of nitro benzene ring substituents is 1. The molecule has 1 aliphatic carbocycles. The van der Waals surface area contributed by atoms with Gasteiger partial charge in [-0.2, -0.15) is 5.26 Å². The summed E-state index contributed by atoms with van der Waals surface area (Å²) in [6, 6.07) is 14.2. The van der Waals surface area contributed by atoms with Gasteiger partial charge < -0.3 is 14.6 Å². The van der Waals surface area contributed by atoms with Crippen LogP contribution in [0.1, 0.15) is 84.8 Å². The fourth-order valence-electron chi connectivity index (χ4n) is 4.15. The zero-order chi connectivity index (χ0) is 29.8. The van der Waals surface area contributed by atoms with E-state index in [1.165, 1.54) is 43.4 Å². The van der Waals surface area contributed by atoms with Gasteiger partial charge in [0.2, 0.25) is 0 Å². The van der Waals surface area contributed by atoms with Gasteiger partial charge in [-0.1, -0.05) is 31.5 Å². The zero-order valence-corrected chi connectivity index (χ0v) is 25.4. The number of benzene rings is 2. The summed E-state index contributed by atoms with van der Waals surface area (Å²) in [4.78, 5) is 11.7. The molecule has 1 saturated carbocycles. The second kappa shape index (κ2) is 16.1. The Balaban J connectivity index is 0.000000336. The van der Waals surface area contributed by atoms with E-state index in [0.717, 1.165) is 50.6 Å². The minimum Gasteiger partial charge on any atom is -0.490 e. The Kier molecular flexibility index (Phi) is 13.3. The lowest BCUT2D eigenvalue weighted by Crippen LogP contribution is -2.10. The standard InChI is InChI=1S/C21H25ClO3S.C8H6N2O2.C2H6/c1-13(10-19-14(2)11-20(26-19)21(23)24-3)17-9-8-16(12-18(17)22)25-15-6-4-5-7-15;1-6-2-3-7(5-9)8(4-6)10(11)12;1-2/h8-12,15,21,23H,4-7H2,1-3H3;2-4H,1H3;1-2H3/b13-10+;;. The number of methoxy groups -OCH3 is 1. The molecule has 0 radical (unpaired) electrons. The summed E-state index contributed by atoms with van der Waals surface area (Å²) in [5.41, 5.74) is 3.93. The highest BCUT2D eigenvalue weighted by atomic mass is 35.5. The van der Waals surface area contributed by atoms with E-state index in [-0.39, 0.29) is 11.3 Å². The molecule has 7 nitrogen and oxygen atoms in total. The number of aryl methyl sites for hydroxylation is 2. The first-order valence-corrected chi connectivity index (χ1v) is 14.4. The van der Waals surface area contributed by atoms with Crippen LogP contribution in [0, 0.1) is 35.3 Å². The molecule has 1 aromatic heterocycles. The van der Waals surface area contributed by atoms with Gasteiger partial charge >= 0.3 is 0 Å². The minimum atomic E-state index is -0.878. The third-order valence-electron chi connectivity index (χ3n) is 6.23. The van der Waals surface area contributed by atoms with Crippen molar-refractivity contribution in [1.82, 2.24) is 0 Å². The third-order valence-corrected chi connectivity index (χ3v) is 7.76. The molecule has 1 aliphatic rings. The maximum Gasteiger partial charge on any atom is 0.287 e. The number of rotatable bonds is 7. The van der Waals surface area contributed by atoms with Crippen LogP contribution in [0.2, 0.25) is 5.02 Å². The maximum atomic E-state index is 10.4. The molecule has 1 heterocycles. The highest BCUT2D eigenvalue weighted by Gasteiger charge is 2.17. The van der Waals surface area contributed by atoms with Crippen LogP contribution in [0.4, 0.5) is 5.69 Å². The summed E-state index contributed by atoms with van der Waals surface area (Å²) in [7, 11) is 1.50. The fourth-order valence-corrected chi connectivity index (χ4v) is 5.61. The molecule has 9 heteroatoms. The molecule has 0 spiro atoms. The summed E-state index contributed by atoms with van der Waals surface area (Å²) < 4.78 is 11.0. The van der Waals surface area contributed by atoms with Crippen molar-refractivity contribution in [2.24, 2.45) is 0 Å². The number of nitriles is 1. The fraction of sp³-hybridized carbons (Fsp3) is 0.387. The van der Waals surface area contributed by atoms with Gasteiger partial charge in [-0.25, -0.2) is 0 Å². The number of halogens is 1. The van der Waals surface area contributed by atoms with Crippen LogP contribution >= 0.6 is 22.9 Å². The number of nitro groups is 1. The molecular weight excluding hydrogens is 548 g/mol. The molecule has 1 N–H and O–H groups in total. The van der Waals surface area contributed by atoms with Crippen LogP contribution in [-0.2, 0) is 4.74 Å². The third kappa shape index (κ3) is 9.17. The highest BCUT2D eigenvalue weighted by Crippen LogP contribution is 2.34. The molecule has 1 atom stereocenters. The first-order valence-electron chi connectivity index (χ1n) is 13.2. The first-order chi connectivity index (χ1) is 19.1. The topological polar surface area (TPSA) is 106 Å². The van der Waals surface area contributed by atoms with Gasteiger partial charge in [0, 0.05) is 18.1 Å². The molecule has 40 heavy (non-hydrogen) atoms. The zero-order valence-electron chi connectivity index (χ0n) is 23.9. The second-order valence-corrected chi connectivity index (χ2v) is 10.7. The number of thiophene rings is 1. The maximum absolute atomic E-state index is 10.4. The van der Waals surface area contributed by atoms with Gasteiger partial charge in [0.25, 0.3) is 5.69 Å². The summed E-state index contributed by atoms with van der Waals surface area (Å²) in [5.74, 6) is 0.844. The van der Waals surface area contributed by atoms with E-state index < -0.39 is 11.2 Å². The average Bonchev–Trinajstić information content (AvgIpc) is 3.59. The Labute approximate surface area is 245 Å². The molecular formula is C31H37ClN2O5S. The number of aliphatic hydroxyl groups is 1. The number of ether oxygens (including phenoxy) is 2. The van der Waals surface area contributed by atoms with E-state index in [4.69, 9.17) is 26.3 Å². The van der Waals surface area contributed by atoms with Crippen LogP contribution in [0.5, 0.6) is 5.75 Å². The van der Waals surface area contributed by atoms with Crippen molar-refractivity contribution in [3.8, 4) is 11.8 Å². The lowest BCUT2D eigenvalue weighted by atomic mass is 10.1. The Morgan fingerprint density at radius 1 is 1.20 bits per heavy atom. The van der Waals surface area contributed by atoms with Crippen LogP contribution in [0.15, 0.2) is 42.5 Å².